The van der Waals surface area contributed by atoms with Crippen LogP contribution in [0.3, 0.4) is 0 Å². The first-order valence-corrected chi connectivity index (χ1v) is 6.08. The summed E-state index contributed by atoms with van der Waals surface area (Å²) in [6.07, 6.45) is 0.728. The maximum Gasteiger partial charge on any atom is 0.410 e. The van der Waals surface area contributed by atoms with E-state index in [1.165, 1.54) is 4.88 Å². The average molecular weight is 276 g/mol. The van der Waals surface area contributed by atoms with Gasteiger partial charge in [-0.1, -0.05) is 0 Å². The Hall–Kier alpha value is -0.550. The van der Waals surface area contributed by atoms with Crippen LogP contribution >= 0.6 is 27.3 Å². The van der Waals surface area contributed by atoms with Gasteiger partial charge in [0.15, 0.2) is 0 Å². The molecule has 1 aromatic heterocycles. The van der Waals surface area contributed by atoms with E-state index in [0.717, 1.165) is 17.4 Å². The van der Waals surface area contributed by atoms with E-state index in [0.29, 0.717) is 13.2 Å². The Kier molecular flexibility index (Phi) is 3.08. The molecule has 1 saturated heterocycles. The van der Waals surface area contributed by atoms with Crippen molar-refractivity contribution < 1.29 is 9.53 Å². The van der Waals surface area contributed by atoms with E-state index in [1.54, 1.807) is 16.2 Å². The number of hydrogen-bond acceptors (Lipinski definition) is 3. The van der Waals surface area contributed by atoms with Gasteiger partial charge in [0.05, 0.1) is 13.2 Å². The lowest BCUT2D eigenvalue weighted by molar-refractivity contribution is 0.0704. The molecular formula is C9H10BrNO2S. The van der Waals surface area contributed by atoms with Gasteiger partial charge < -0.3 is 9.64 Å². The highest BCUT2D eigenvalue weighted by Gasteiger charge is 2.20. The minimum absolute atomic E-state index is 0.198. The Morgan fingerprint density at radius 2 is 2.50 bits per heavy atom. The molecule has 0 aliphatic carbocycles. The van der Waals surface area contributed by atoms with Crippen molar-refractivity contribution in [1.29, 1.82) is 0 Å². The highest BCUT2D eigenvalue weighted by molar-refractivity contribution is 9.10. The normalized spacial score (nSPS) is 16.9. The third-order valence-corrected chi connectivity index (χ3v) is 3.99. The topological polar surface area (TPSA) is 29.5 Å². The Morgan fingerprint density at radius 3 is 3.14 bits per heavy atom. The van der Waals surface area contributed by atoms with Crippen molar-refractivity contribution in [2.45, 2.75) is 13.0 Å². The molecule has 0 N–H and O–H groups in total. The minimum atomic E-state index is -0.198. The largest absolute Gasteiger partial charge is 0.449 e. The van der Waals surface area contributed by atoms with E-state index < -0.39 is 0 Å². The van der Waals surface area contributed by atoms with Gasteiger partial charge >= 0.3 is 6.09 Å². The quantitative estimate of drug-likeness (QED) is 0.831. The van der Waals surface area contributed by atoms with Crippen molar-refractivity contribution in [3.05, 3.63) is 20.8 Å². The number of amides is 1. The number of cyclic esters (lactones) is 1. The van der Waals surface area contributed by atoms with Gasteiger partial charge in [-0.15, -0.1) is 11.3 Å². The van der Waals surface area contributed by atoms with Gasteiger partial charge in [-0.25, -0.2) is 4.79 Å². The van der Waals surface area contributed by atoms with E-state index >= 15 is 0 Å². The first kappa shape index (κ1) is 9.98. The minimum Gasteiger partial charge on any atom is -0.449 e. The molecule has 1 aliphatic heterocycles. The summed E-state index contributed by atoms with van der Waals surface area (Å²) in [5.74, 6) is 0. The Labute approximate surface area is 94.8 Å². The summed E-state index contributed by atoms with van der Waals surface area (Å²) in [6.45, 7) is 2.00. The molecule has 1 amide bonds. The number of carbonyl (C=O) groups is 1. The van der Waals surface area contributed by atoms with E-state index in [2.05, 4.69) is 15.9 Å². The smallest absolute Gasteiger partial charge is 0.410 e. The highest BCUT2D eigenvalue weighted by atomic mass is 79.9. The van der Waals surface area contributed by atoms with Crippen molar-refractivity contribution >= 4 is 33.4 Å². The molecular weight excluding hydrogens is 266 g/mol. The first-order chi connectivity index (χ1) is 6.77. The second-order valence-electron chi connectivity index (χ2n) is 3.08. The van der Waals surface area contributed by atoms with E-state index in [1.807, 2.05) is 11.4 Å². The van der Waals surface area contributed by atoms with Crippen molar-refractivity contribution in [2.75, 3.05) is 13.2 Å². The Morgan fingerprint density at radius 1 is 1.64 bits per heavy atom. The zero-order valence-electron chi connectivity index (χ0n) is 7.53. The zero-order chi connectivity index (χ0) is 9.97. The molecule has 0 saturated carbocycles. The van der Waals surface area contributed by atoms with Crippen LogP contribution < -0.4 is 0 Å². The third-order valence-electron chi connectivity index (χ3n) is 2.08. The summed E-state index contributed by atoms with van der Waals surface area (Å²) < 4.78 is 6.03. The van der Waals surface area contributed by atoms with Gasteiger partial charge in [-0.05, 0) is 33.8 Å². The Balaban J connectivity index is 2.03. The van der Waals surface area contributed by atoms with Gasteiger partial charge in [0.2, 0.25) is 0 Å². The van der Waals surface area contributed by atoms with Crippen LogP contribution in [-0.4, -0.2) is 24.1 Å². The molecule has 0 unspecified atom stereocenters. The fraction of sp³-hybridized carbons (Fsp3) is 0.444. The van der Waals surface area contributed by atoms with Gasteiger partial charge in [-0.3, -0.25) is 0 Å². The average Bonchev–Trinajstić information content (AvgIpc) is 2.56. The lowest BCUT2D eigenvalue weighted by atomic mass is 10.3. The molecule has 2 rings (SSSR count). The van der Waals surface area contributed by atoms with Crippen LogP contribution in [0, 0.1) is 0 Å². The van der Waals surface area contributed by atoms with Crippen molar-refractivity contribution in [2.24, 2.45) is 0 Å². The molecule has 76 valence electrons. The van der Waals surface area contributed by atoms with Gasteiger partial charge in [0.25, 0.3) is 0 Å². The van der Waals surface area contributed by atoms with Crippen LogP contribution in [0.4, 0.5) is 4.79 Å². The van der Waals surface area contributed by atoms with E-state index in [-0.39, 0.29) is 6.09 Å². The number of rotatable bonds is 2. The lowest BCUT2D eigenvalue weighted by Gasteiger charge is -2.25. The summed E-state index contributed by atoms with van der Waals surface area (Å²) in [7, 11) is 0. The SMILES string of the molecule is O=C1OCCCN1Cc1sccc1Br. The standard InChI is InChI=1S/C9H10BrNO2S/c10-7-2-5-14-8(7)6-11-3-1-4-13-9(11)12/h2,5H,1,3-4,6H2. The fourth-order valence-corrected chi connectivity index (χ4v) is 2.84. The molecule has 0 bridgehead atoms. The van der Waals surface area contributed by atoms with E-state index in [4.69, 9.17) is 4.74 Å². The van der Waals surface area contributed by atoms with Crippen molar-refractivity contribution in [1.82, 2.24) is 4.90 Å². The number of halogens is 1. The summed E-state index contributed by atoms with van der Waals surface area (Å²) in [6, 6.07) is 2.00. The molecule has 0 spiro atoms. The number of ether oxygens (including phenoxy) is 1. The molecule has 14 heavy (non-hydrogen) atoms. The predicted molar refractivity (Wildman–Crippen MR) is 58.4 cm³/mol. The molecule has 0 atom stereocenters. The summed E-state index contributed by atoms with van der Waals surface area (Å²) >= 11 is 5.09. The van der Waals surface area contributed by atoms with Gasteiger partial charge in [0, 0.05) is 15.9 Å². The summed E-state index contributed by atoms with van der Waals surface area (Å²) in [4.78, 5) is 14.2. The molecule has 3 nitrogen and oxygen atoms in total. The molecule has 1 aliphatic rings. The molecule has 5 heteroatoms. The van der Waals surface area contributed by atoms with Crippen LogP contribution in [-0.2, 0) is 11.3 Å². The van der Waals surface area contributed by atoms with Crippen molar-refractivity contribution in [3.8, 4) is 0 Å². The predicted octanol–water partition coefficient (Wildman–Crippen LogP) is 2.85. The maximum absolute atomic E-state index is 11.3. The van der Waals surface area contributed by atoms with E-state index in [9.17, 15) is 4.79 Å². The van der Waals surface area contributed by atoms with Crippen LogP contribution in [0.15, 0.2) is 15.9 Å². The van der Waals surface area contributed by atoms with Crippen LogP contribution in [0.2, 0.25) is 0 Å². The highest BCUT2D eigenvalue weighted by Crippen LogP contribution is 2.24. The monoisotopic (exact) mass is 275 g/mol. The summed E-state index contributed by atoms with van der Waals surface area (Å²) in [5, 5.41) is 2.01. The van der Waals surface area contributed by atoms with Crippen LogP contribution in [0.5, 0.6) is 0 Å². The zero-order valence-corrected chi connectivity index (χ0v) is 9.94. The summed E-state index contributed by atoms with van der Waals surface area (Å²) in [5.41, 5.74) is 0. The van der Waals surface area contributed by atoms with Gasteiger partial charge in [-0.2, -0.15) is 0 Å². The molecule has 1 fully saturated rings. The maximum atomic E-state index is 11.3. The van der Waals surface area contributed by atoms with Crippen molar-refractivity contribution in [3.63, 3.8) is 0 Å². The fourth-order valence-electron chi connectivity index (χ4n) is 1.35. The number of hydrogen-bond donors (Lipinski definition) is 0. The Bertz CT molecular complexity index is 339. The van der Waals surface area contributed by atoms with Crippen LogP contribution in [0.25, 0.3) is 0 Å². The van der Waals surface area contributed by atoms with Crippen LogP contribution in [0.1, 0.15) is 11.3 Å². The van der Waals surface area contributed by atoms with Gasteiger partial charge in [0.1, 0.15) is 0 Å². The first-order valence-electron chi connectivity index (χ1n) is 4.41. The lowest BCUT2D eigenvalue weighted by Crippen LogP contribution is -2.36. The second kappa shape index (κ2) is 4.31. The third kappa shape index (κ3) is 2.09. The molecule has 0 radical (unpaired) electrons. The number of thiophene rings is 1. The molecule has 0 aromatic carbocycles. The second-order valence-corrected chi connectivity index (χ2v) is 4.94. The number of carbonyl (C=O) groups excluding carboxylic acids is 1. The molecule has 1 aromatic rings. The molecule has 2 heterocycles. The number of nitrogens with zero attached hydrogens (tertiary/aromatic N) is 1.